The fourth-order valence-corrected chi connectivity index (χ4v) is 2.67. The molecule has 1 fully saturated rings. The van der Waals surface area contributed by atoms with Crippen molar-refractivity contribution in [2.75, 3.05) is 0 Å². The van der Waals surface area contributed by atoms with Crippen LogP contribution >= 0.6 is 15.9 Å². The molecule has 1 aromatic rings. The zero-order valence-corrected chi connectivity index (χ0v) is 10.9. The third-order valence-electron chi connectivity index (χ3n) is 3.23. The smallest absolute Gasteiger partial charge is 0.144 e. The zero-order valence-electron chi connectivity index (χ0n) is 9.31. The molecule has 1 aliphatic carbocycles. The standard InChI is InChI=1S/C13H13BrF2O/c14-9-6-7-10(15)12(13(9)16)8-4-2-1-3-5-11(8)17/h6-8H,1-5H2. The lowest BCUT2D eigenvalue weighted by atomic mass is 9.90. The Hall–Kier alpha value is -0.770. The number of carbonyl (C=O) groups excluding carboxylic acids is 1. The van der Waals surface area contributed by atoms with Crippen LogP contribution in [0.5, 0.6) is 0 Å². The number of carbonyl (C=O) groups is 1. The lowest BCUT2D eigenvalue weighted by Crippen LogP contribution is -2.14. The predicted octanol–water partition coefficient (Wildman–Crippen LogP) is 4.34. The summed E-state index contributed by atoms with van der Waals surface area (Å²) in [6.45, 7) is 0. The number of hydrogen-bond donors (Lipinski definition) is 0. The molecule has 0 spiro atoms. The maximum Gasteiger partial charge on any atom is 0.144 e. The first-order valence-electron chi connectivity index (χ1n) is 5.77. The number of rotatable bonds is 1. The van der Waals surface area contributed by atoms with Crippen molar-refractivity contribution in [1.82, 2.24) is 0 Å². The molecule has 0 bridgehead atoms. The summed E-state index contributed by atoms with van der Waals surface area (Å²) >= 11 is 3.03. The number of halogens is 3. The van der Waals surface area contributed by atoms with Crippen LogP contribution in [0.4, 0.5) is 8.78 Å². The molecule has 0 aliphatic heterocycles. The summed E-state index contributed by atoms with van der Waals surface area (Å²) < 4.78 is 27.8. The van der Waals surface area contributed by atoms with E-state index in [2.05, 4.69) is 15.9 Å². The Morgan fingerprint density at radius 1 is 1.18 bits per heavy atom. The summed E-state index contributed by atoms with van der Waals surface area (Å²) in [4.78, 5) is 11.9. The lowest BCUT2D eigenvalue weighted by Gasteiger charge is -2.15. The van der Waals surface area contributed by atoms with Crippen molar-refractivity contribution in [3.05, 3.63) is 33.8 Å². The van der Waals surface area contributed by atoms with E-state index in [9.17, 15) is 13.6 Å². The Morgan fingerprint density at radius 3 is 2.71 bits per heavy atom. The maximum absolute atomic E-state index is 13.9. The van der Waals surface area contributed by atoms with E-state index in [1.54, 1.807) is 0 Å². The van der Waals surface area contributed by atoms with Crippen LogP contribution in [0.2, 0.25) is 0 Å². The van der Waals surface area contributed by atoms with Gasteiger partial charge in [0.25, 0.3) is 0 Å². The van der Waals surface area contributed by atoms with Gasteiger partial charge in [-0.2, -0.15) is 0 Å². The molecule has 1 aliphatic rings. The van der Waals surface area contributed by atoms with Gasteiger partial charge in [0, 0.05) is 17.9 Å². The van der Waals surface area contributed by atoms with Crippen LogP contribution in [0.1, 0.15) is 43.6 Å². The first kappa shape index (κ1) is 12.7. The van der Waals surface area contributed by atoms with Crippen molar-refractivity contribution >= 4 is 21.7 Å². The van der Waals surface area contributed by atoms with Crippen LogP contribution in [0.3, 0.4) is 0 Å². The van der Waals surface area contributed by atoms with Gasteiger partial charge in [-0.1, -0.05) is 12.8 Å². The molecule has 4 heteroatoms. The van der Waals surface area contributed by atoms with Gasteiger partial charge in [0.2, 0.25) is 0 Å². The molecule has 1 unspecified atom stereocenters. The third kappa shape index (κ3) is 2.57. The minimum Gasteiger partial charge on any atom is -0.299 e. The molecule has 0 N–H and O–H groups in total. The van der Waals surface area contributed by atoms with Crippen LogP contribution in [0.15, 0.2) is 16.6 Å². The van der Waals surface area contributed by atoms with Gasteiger partial charge in [-0.25, -0.2) is 8.78 Å². The molecule has 0 aromatic heterocycles. The van der Waals surface area contributed by atoms with Crippen molar-refractivity contribution in [3.8, 4) is 0 Å². The predicted molar refractivity (Wildman–Crippen MR) is 64.9 cm³/mol. The molecule has 0 amide bonds. The topological polar surface area (TPSA) is 17.1 Å². The first-order chi connectivity index (χ1) is 8.11. The van der Waals surface area contributed by atoms with E-state index >= 15 is 0 Å². The highest BCUT2D eigenvalue weighted by Crippen LogP contribution is 2.34. The fourth-order valence-electron chi connectivity index (χ4n) is 2.33. The first-order valence-corrected chi connectivity index (χ1v) is 6.56. The van der Waals surface area contributed by atoms with Crippen LogP contribution < -0.4 is 0 Å². The Morgan fingerprint density at radius 2 is 1.94 bits per heavy atom. The Labute approximate surface area is 107 Å². The fraction of sp³-hybridized carbons (Fsp3) is 0.462. The summed E-state index contributed by atoms with van der Waals surface area (Å²) in [6, 6.07) is 2.54. The van der Waals surface area contributed by atoms with Crippen LogP contribution in [-0.4, -0.2) is 5.78 Å². The molecule has 0 heterocycles. The molecule has 92 valence electrons. The van der Waals surface area contributed by atoms with E-state index in [1.165, 1.54) is 12.1 Å². The molecule has 17 heavy (non-hydrogen) atoms. The van der Waals surface area contributed by atoms with E-state index in [1.807, 2.05) is 0 Å². The van der Waals surface area contributed by atoms with Crippen molar-refractivity contribution < 1.29 is 13.6 Å². The highest BCUT2D eigenvalue weighted by atomic mass is 79.9. The van der Waals surface area contributed by atoms with E-state index in [-0.39, 0.29) is 15.8 Å². The molecule has 1 nitrogen and oxygen atoms in total. The quantitative estimate of drug-likeness (QED) is 0.557. The highest BCUT2D eigenvalue weighted by Gasteiger charge is 2.28. The van der Waals surface area contributed by atoms with E-state index in [0.29, 0.717) is 12.8 Å². The minimum absolute atomic E-state index is 0.0431. The highest BCUT2D eigenvalue weighted by molar-refractivity contribution is 9.10. The summed E-state index contributed by atoms with van der Waals surface area (Å²) in [5, 5.41) is 0. The van der Waals surface area contributed by atoms with Gasteiger partial charge in [-0.05, 0) is 40.9 Å². The van der Waals surface area contributed by atoms with Gasteiger partial charge in [-0.3, -0.25) is 4.79 Å². The molecular formula is C13H13BrF2O. The van der Waals surface area contributed by atoms with Gasteiger partial charge in [0.1, 0.15) is 17.4 Å². The van der Waals surface area contributed by atoms with Gasteiger partial charge >= 0.3 is 0 Å². The van der Waals surface area contributed by atoms with Gasteiger partial charge in [0.15, 0.2) is 0 Å². The molecule has 1 aromatic carbocycles. The summed E-state index contributed by atoms with van der Waals surface area (Å²) in [5.74, 6) is -1.91. The van der Waals surface area contributed by atoms with Crippen LogP contribution in [0, 0.1) is 11.6 Å². The molecule has 0 radical (unpaired) electrons. The number of ketones is 1. The minimum atomic E-state index is -0.634. The van der Waals surface area contributed by atoms with Crippen molar-refractivity contribution in [2.45, 2.75) is 38.0 Å². The second kappa shape index (κ2) is 5.25. The molecule has 1 saturated carbocycles. The van der Waals surface area contributed by atoms with Crippen LogP contribution in [-0.2, 0) is 4.79 Å². The largest absolute Gasteiger partial charge is 0.299 e. The summed E-state index contributed by atoms with van der Waals surface area (Å²) in [5.41, 5.74) is -0.0636. The van der Waals surface area contributed by atoms with Crippen molar-refractivity contribution in [1.29, 1.82) is 0 Å². The number of benzene rings is 1. The average molecular weight is 303 g/mol. The Bertz CT molecular complexity index is 445. The van der Waals surface area contributed by atoms with E-state index in [0.717, 1.165) is 19.3 Å². The zero-order chi connectivity index (χ0) is 12.4. The van der Waals surface area contributed by atoms with E-state index < -0.39 is 17.6 Å². The molecular weight excluding hydrogens is 290 g/mol. The SMILES string of the molecule is O=C1CCCCCC1c1c(F)ccc(Br)c1F. The summed E-state index contributed by atoms with van der Waals surface area (Å²) in [6.07, 6.45) is 3.60. The second-order valence-electron chi connectivity index (χ2n) is 4.38. The Balaban J connectivity index is 2.44. The van der Waals surface area contributed by atoms with Crippen LogP contribution in [0.25, 0.3) is 0 Å². The normalized spacial score (nSPS) is 21.4. The van der Waals surface area contributed by atoms with Gasteiger partial charge in [0.05, 0.1) is 4.47 Å². The van der Waals surface area contributed by atoms with Crippen molar-refractivity contribution in [2.24, 2.45) is 0 Å². The maximum atomic E-state index is 13.9. The third-order valence-corrected chi connectivity index (χ3v) is 3.84. The average Bonchev–Trinajstić information content (AvgIpc) is 2.50. The van der Waals surface area contributed by atoms with Gasteiger partial charge < -0.3 is 0 Å². The number of Topliss-reactive ketones (excluding diaryl/α,β-unsaturated/α-hetero) is 1. The molecule has 0 saturated heterocycles. The van der Waals surface area contributed by atoms with E-state index in [4.69, 9.17) is 0 Å². The molecule has 1 atom stereocenters. The monoisotopic (exact) mass is 302 g/mol. The number of hydrogen-bond acceptors (Lipinski definition) is 1. The Kier molecular flexibility index (Phi) is 3.92. The second-order valence-corrected chi connectivity index (χ2v) is 5.23. The molecule has 2 rings (SSSR count). The summed E-state index contributed by atoms with van der Waals surface area (Å²) in [7, 11) is 0. The van der Waals surface area contributed by atoms with Gasteiger partial charge in [-0.15, -0.1) is 0 Å². The van der Waals surface area contributed by atoms with Crippen molar-refractivity contribution in [3.63, 3.8) is 0 Å². The lowest BCUT2D eigenvalue weighted by molar-refractivity contribution is -0.120.